The summed E-state index contributed by atoms with van der Waals surface area (Å²) in [6.07, 6.45) is 2.66. The molecule has 0 aliphatic heterocycles. The molecule has 3 rings (SSSR count). The molecule has 0 aliphatic carbocycles. The van der Waals surface area contributed by atoms with Crippen molar-refractivity contribution in [3.63, 3.8) is 0 Å². The monoisotopic (exact) mass is 387 g/mol. The first-order valence-electron chi connectivity index (χ1n) is 7.89. The Morgan fingerprint density at radius 1 is 0.680 bits per heavy atom. The molecule has 0 radical (unpaired) electrons. The zero-order valence-electron chi connectivity index (χ0n) is 13.4. The van der Waals surface area contributed by atoms with Crippen molar-refractivity contribution >= 4 is 41.0 Å². The van der Waals surface area contributed by atoms with Gasteiger partial charge in [-0.2, -0.15) is 0 Å². The maximum atomic E-state index is 6.02. The molecule has 126 valence electrons. The van der Waals surface area contributed by atoms with E-state index < -0.39 is 0 Å². The molecule has 0 aromatic heterocycles. The van der Waals surface area contributed by atoms with Crippen molar-refractivity contribution in [2.75, 3.05) is 0 Å². The van der Waals surface area contributed by atoms with Gasteiger partial charge in [0.2, 0.25) is 0 Å². The zero-order chi connectivity index (χ0) is 17.6. The van der Waals surface area contributed by atoms with E-state index in [0.29, 0.717) is 5.02 Å². The van der Waals surface area contributed by atoms with Crippen molar-refractivity contribution < 1.29 is 0 Å². The van der Waals surface area contributed by atoms with E-state index in [1.165, 1.54) is 5.56 Å². The van der Waals surface area contributed by atoms with Crippen LogP contribution in [0.5, 0.6) is 0 Å². The summed E-state index contributed by atoms with van der Waals surface area (Å²) in [6.45, 7) is 0. The Morgan fingerprint density at radius 3 is 1.72 bits per heavy atom. The molecule has 0 heterocycles. The Labute approximate surface area is 162 Å². The summed E-state index contributed by atoms with van der Waals surface area (Å²) in [7, 11) is 0. The van der Waals surface area contributed by atoms with Gasteiger partial charge in [-0.25, -0.2) is 0 Å². The average Bonchev–Trinajstić information content (AvgIpc) is 2.62. The summed E-state index contributed by atoms with van der Waals surface area (Å²) in [5, 5.41) is 2.17. The van der Waals surface area contributed by atoms with Crippen LogP contribution >= 0.6 is 34.8 Å². The minimum atomic E-state index is -0.00544. The highest BCUT2D eigenvalue weighted by molar-refractivity contribution is 6.31. The van der Waals surface area contributed by atoms with Gasteiger partial charge in [0.25, 0.3) is 0 Å². The topological polar surface area (TPSA) is 12.4 Å². The zero-order valence-corrected chi connectivity index (χ0v) is 15.6. The first-order chi connectivity index (χ1) is 12.1. The fraction of sp³-hybridized carbons (Fsp3) is 0.0952. The Hall–Kier alpha value is -1.80. The number of benzene rings is 3. The number of hydrogen-bond acceptors (Lipinski definition) is 1. The first-order valence-corrected chi connectivity index (χ1v) is 9.02. The largest absolute Gasteiger partial charge is 0.284 e. The Morgan fingerprint density at radius 2 is 1.16 bits per heavy atom. The standard InChI is InChI=1S/C21H16Cl3N/c22-18-7-1-15(2-8-18)13-21(17-5-11-20(24)12-6-17)25-14-16-3-9-19(23)10-4-16/h1-12,14,21H,13H2. The van der Waals surface area contributed by atoms with Gasteiger partial charge in [0.05, 0.1) is 6.04 Å². The second-order valence-corrected chi connectivity index (χ2v) is 7.04. The van der Waals surface area contributed by atoms with Crippen LogP contribution in [0.15, 0.2) is 77.8 Å². The molecule has 1 atom stereocenters. The van der Waals surface area contributed by atoms with Crippen molar-refractivity contribution in [3.05, 3.63) is 105 Å². The van der Waals surface area contributed by atoms with E-state index in [2.05, 4.69) is 0 Å². The fourth-order valence-corrected chi connectivity index (χ4v) is 2.89. The summed E-state index contributed by atoms with van der Waals surface area (Å²) >= 11 is 17.9. The van der Waals surface area contributed by atoms with Crippen LogP contribution in [0, 0.1) is 0 Å². The Bertz CT molecular complexity index is 838. The summed E-state index contributed by atoms with van der Waals surface area (Å²) in [5.41, 5.74) is 3.31. The third kappa shape index (κ3) is 5.34. The van der Waals surface area contributed by atoms with Crippen LogP contribution in [0.4, 0.5) is 0 Å². The molecule has 1 unspecified atom stereocenters. The van der Waals surface area contributed by atoms with Crippen molar-refractivity contribution in [2.45, 2.75) is 12.5 Å². The van der Waals surface area contributed by atoms with Crippen LogP contribution in [-0.4, -0.2) is 6.21 Å². The van der Waals surface area contributed by atoms with Gasteiger partial charge in [-0.15, -0.1) is 0 Å². The molecule has 0 N–H and O–H groups in total. The lowest BCUT2D eigenvalue weighted by atomic mass is 9.99. The number of nitrogens with zero attached hydrogens (tertiary/aromatic N) is 1. The van der Waals surface area contributed by atoms with Crippen molar-refractivity contribution in [1.29, 1.82) is 0 Å². The van der Waals surface area contributed by atoms with Crippen LogP contribution in [-0.2, 0) is 6.42 Å². The van der Waals surface area contributed by atoms with Crippen LogP contribution in [0.2, 0.25) is 15.1 Å². The highest BCUT2D eigenvalue weighted by atomic mass is 35.5. The molecule has 4 heteroatoms. The molecule has 1 nitrogen and oxygen atoms in total. The van der Waals surface area contributed by atoms with Gasteiger partial charge in [-0.3, -0.25) is 4.99 Å². The SMILES string of the molecule is Clc1ccc(C=NC(Cc2ccc(Cl)cc2)c2ccc(Cl)cc2)cc1. The lowest BCUT2D eigenvalue weighted by molar-refractivity contribution is 0.728. The molecule has 0 aliphatic rings. The van der Waals surface area contributed by atoms with Gasteiger partial charge in [-0.1, -0.05) is 71.2 Å². The first kappa shape index (κ1) is 18.0. The van der Waals surface area contributed by atoms with Crippen LogP contribution < -0.4 is 0 Å². The van der Waals surface area contributed by atoms with Crippen molar-refractivity contribution in [3.8, 4) is 0 Å². The predicted octanol–water partition coefficient (Wildman–Crippen LogP) is 7.05. The molecular weight excluding hydrogens is 373 g/mol. The van der Waals surface area contributed by atoms with Gasteiger partial charge < -0.3 is 0 Å². The maximum Gasteiger partial charge on any atom is 0.0789 e. The molecule has 3 aromatic rings. The maximum absolute atomic E-state index is 6.02. The molecule has 25 heavy (non-hydrogen) atoms. The van der Waals surface area contributed by atoms with Gasteiger partial charge >= 0.3 is 0 Å². The van der Waals surface area contributed by atoms with Gasteiger partial charge in [0.1, 0.15) is 0 Å². The molecule has 0 saturated heterocycles. The fourth-order valence-electron chi connectivity index (χ4n) is 2.51. The molecule has 0 bridgehead atoms. The third-order valence-corrected chi connectivity index (χ3v) is 4.63. The number of halogens is 3. The van der Waals surface area contributed by atoms with Crippen LogP contribution in [0.3, 0.4) is 0 Å². The molecule has 0 amide bonds. The van der Waals surface area contributed by atoms with E-state index >= 15 is 0 Å². The smallest absolute Gasteiger partial charge is 0.0789 e. The van der Waals surface area contributed by atoms with Gasteiger partial charge in [0.15, 0.2) is 0 Å². The van der Waals surface area contributed by atoms with E-state index in [4.69, 9.17) is 39.8 Å². The lowest BCUT2D eigenvalue weighted by Gasteiger charge is -2.13. The van der Waals surface area contributed by atoms with Crippen molar-refractivity contribution in [2.24, 2.45) is 4.99 Å². The quantitative estimate of drug-likeness (QED) is 0.415. The third-order valence-electron chi connectivity index (χ3n) is 3.87. The van der Waals surface area contributed by atoms with E-state index in [9.17, 15) is 0 Å². The lowest BCUT2D eigenvalue weighted by Crippen LogP contribution is -2.01. The highest BCUT2D eigenvalue weighted by Crippen LogP contribution is 2.25. The predicted molar refractivity (Wildman–Crippen MR) is 108 cm³/mol. The second-order valence-electron chi connectivity index (χ2n) is 5.73. The van der Waals surface area contributed by atoms with Crippen LogP contribution in [0.1, 0.15) is 22.7 Å². The van der Waals surface area contributed by atoms with Crippen molar-refractivity contribution in [1.82, 2.24) is 0 Å². The van der Waals surface area contributed by atoms with Gasteiger partial charge in [-0.05, 0) is 59.5 Å². The summed E-state index contributed by atoms with van der Waals surface area (Å²) in [4.78, 5) is 4.80. The van der Waals surface area contributed by atoms with E-state index in [1.807, 2.05) is 79.0 Å². The second kappa shape index (κ2) is 8.53. The average molecular weight is 389 g/mol. The molecule has 0 fully saturated rings. The summed E-state index contributed by atoms with van der Waals surface area (Å²) in [6, 6.07) is 23.3. The minimum absolute atomic E-state index is 0.00544. The summed E-state index contributed by atoms with van der Waals surface area (Å²) < 4.78 is 0. The number of aliphatic imine (C=N–C) groups is 1. The minimum Gasteiger partial charge on any atom is -0.284 e. The molecule has 0 spiro atoms. The normalized spacial score (nSPS) is 12.4. The molecule has 3 aromatic carbocycles. The molecular formula is C21H16Cl3N. The number of hydrogen-bond donors (Lipinski definition) is 0. The van der Waals surface area contributed by atoms with Crippen LogP contribution in [0.25, 0.3) is 0 Å². The van der Waals surface area contributed by atoms with E-state index in [1.54, 1.807) is 0 Å². The number of rotatable bonds is 5. The van der Waals surface area contributed by atoms with Gasteiger partial charge in [0, 0.05) is 21.3 Å². The molecule has 0 saturated carbocycles. The summed E-state index contributed by atoms with van der Waals surface area (Å²) in [5.74, 6) is 0. The van der Waals surface area contributed by atoms with E-state index in [0.717, 1.165) is 27.6 Å². The Balaban J connectivity index is 1.86. The van der Waals surface area contributed by atoms with E-state index in [-0.39, 0.29) is 6.04 Å². The Kier molecular flexibility index (Phi) is 6.14. The highest BCUT2D eigenvalue weighted by Gasteiger charge is 2.11.